The summed E-state index contributed by atoms with van der Waals surface area (Å²) in [6.45, 7) is 3.24. The normalized spacial score (nSPS) is 33.5. The van der Waals surface area contributed by atoms with Crippen LogP contribution in [-0.2, 0) is 4.79 Å². The van der Waals surface area contributed by atoms with E-state index in [0.717, 1.165) is 25.8 Å². The summed E-state index contributed by atoms with van der Waals surface area (Å²) in [4.78, 5) is 10.9. The Morgan fingerprint density at radius 3 is 3.00 bits per heavy atom. The molecule has 0 aliphatic carbocycles. The van der Waals surface area contributed by atoms with Crippen molar-refractivity contribution in [2.45, 2.75) is 31.7 Å². The number of unbranched alkanes of at least 4 members (excludes halogenated alkanes) is 1. The van der Waals surface area contributed by atoms with Crippen LogP contribution in [0.2, 0.25) is 0 Å². The van der Waals surface area contributed by atoms with E-state index in [9.17, 15) is 4.79 Å². The Bertz CT molecular complexity index is 196. The quantitative estimate of drug-likeness (QED) is 0.585. The second kappa shape index (κ2) is 4.07. The van der Waals surface area contributed by atoms with E-state index in [0.29, 0.717) is 6.54 Å². The Morgan fingerprint density at radius 1 is 1.77 bits per heavy atom. The predicted octanol–water partition coefficient (Wildman–Crippen LogP) is 0.178. The molecule has 0 unspecified atom stereocenters. The molecule has 0 aromatic heterocycles. The fraction of sp³-hybridized carbons (Fsp3) is 0.889. The smallest absolute Gasteiger partial charge is 0.325 e. The third-order valence-corrected chi connectivity index (χ3v) is 2.84. The number of carboxylic acids is 1. The zero-order valence-electron chi connectivity index (χ0n) is 8.05. The van der Waals surface area contributed by atoms with Crippen molar-refractivity contribution in [1.82, 2.24) is 5.32 Å². The maximum absolute atomic E-state index is 10.9. The highest BCUT2D eigenvalue weighted by molar-refractivity contribution is 5.79. The lowest BCUT2D eigenvalue weighted by Gasteiger charge is -2.25. The van der Waals surface area contributed by atoms with E-state index in [2.05, 4.69) is 12.2 Å². The van der Waals surface area contributed by atoms with Crippen molar-refractivity contribution in [3.63, 3.8) is 0 Å². The molecule has 1 aliphatic heterocycles. The molecule has 1 fully saturated rings. The maximum Gasteiger partial charge on any atom is 0.325 e. The van der Waals surface area contributed by atoms with E-state index in [1.165, 1.54) is 0 Å². The van der Waals surface area contributed by atoms with Crippen molar-refractivity contribution in [1.29, 1.82) is 0 Å². The van der Waals surface area contributed by atoms with Crippen molar-refractivity contribution in [3.8, 4) is 0 Å². The Morgan fingerprint density at radius 2 is 2.46 bits per heavy atom. The highest BCUT2D eigenvalue weighted by Crippen LogP contribution is 2.24. The number of carbonyl (C=O) groups is 1. The molecular formula is C9H18N2O2. The van der Waals surface area contributed by atoms with Crippen molar-refractivity contribution in [3.05, 3.63) is 0 Å². The monoisotopic (exact) mass is 186 g/mol. The van der Waals surface area contributed by atoms with Gasteiger partial charge in [0.2, 0.25) is 0 Å². The average molecular weight is 186 g/mol. The van der Waals surface area contributed by atoms with Gasteiger partial charge in [0.1, 0.15) is 5.54 Å². The van der Waals surface area contributed by atoms with Gasteiger partial charge in [-0.25, -0.2) is 0 Å². The van der Waals surface area contributed by atoms with E-state index >= 15 is 0 Å². The van der Waals surface area contributed by atoms with Gasteiger partial charge in [0.05, 0.1) is 0 Å². The zero-order chi connectivity index (χ0) is 9.90. The highest BCUT2D eigenvalue weighted by Gasteiger charge is 2.45. The third-order valence-electron chi connectivity index (χ3n) is 2.84. The Kier molecular flexibility index (Phi) is 3.27. The summed E-state index contributed by atoms with van der Waals surface area (Å²) in [5.41, 5.74) is 4.79. The molecule has 1 saturated heterocycles. The average Bonchev–Trinajstić information content (AvgIpc) is 2.45. The molecule has 1 rings (SSSR count). The summed E-state index contributed by atoms with van der Waals surface area (Å²) >= 11 is 0. The van der Waals surface area contributed by atoms with Gasteiger partial charge in [-0.3, -0.25) is 4.79 Å². The van der Waals surface area contributed by atoms with E-state index in [1.54, 1.807) is 0 Å². The van der Waals surface area contributed by atoms with Crippen LogP contribution in [0.4, 0.5) is 0 Å². The molecule has 4 heteroatoms. The number of nitrogens with one attached hydrogen (secondary N) is 1. The lowest BCUT2D eigenvalue weighted by atomic mass is 9.84. The summed E-state index contributed by atoms with van der Waals surface area (Å²) in [6.07, 6.45) is 3.05. The lowest BCUT2D eigenvalue weighted by molar-refractivity contribution is -0.144. The van der Waals surface area contributed by atoms with Crippen LogP contribution in [0.1, 0.15) is 26.2 Å². The first-order chi connectivity index (χ1) is 6.11. The lowest BCUT2D eigenvalue weighted by Crippen LogP contribution is -2.54. The van der Waals surface area contributed by atoms with Crippen molar-refractivity contribution >= 4 is 5.97 Å². The fourth-order valence-electron chi connectivity index (χ4n) is 1.84. The van der Waals surface area contributed by atoms with Crippen molar-refractivity contribution in [2.75, 3.05) is 13.1 Å². The van der Waals surface area contributed by atoms with Crippen LogP contribution in [0, 0.1) is 5.92 Å². The van der Waals surface area contributed by atoms with Crippen molar-refractivity contribution < 1.29 is 9.90 Å². The minimum atomic E-state index is -1.03. The van der Waals surface area contributed by atoms with E-state index in [4.69, 9.17) is 10.8 Å². The van der Waals surface area contributed by atoms with Gasteiger partial charge < -0.3 is 16.2 Å². The number of hydrogen-bond donors (Lipinski definition) is 3. The molecule has 0 saturated carbocycles. The highest BCUT2D eigenvalue weighted by atomic mass is 16.4. The third kappa shape index (κ3) is 2.00. The second-order valence-electron chi connectivity index (χ2n) is 3.82. The number of rotatable bonds is 4. The van der Waals surface area contributed by atoms with Crippen LogP contribution in [0.5, 0.6) is 0 Å². The van der Waals surface area contributed by atoms with Gasteiger partial charge in [0, 0.05) is 19.0 Å². The van der Waals surface area contributed by atoms with E-state index < -0.39 is 11.5 Å². The van der Waals surface area contributed by atoms with E-state index in [1.807, 2.05) is 0 Å². The molecular weight excluding hydrogens is 168 g/mol. The Balaban J connectivity index is 2.57. The first kappa shape index (κ1) is 10.5. The standard InChI is InChI=1S/C9H18N2O2/c1-2-3-4-7-5-11-6-9(7,10)8(12)13/h7,11H,2-6,10H2,1H3,(H,12,13)/t7-,9-/m0/s1. The van der Waals surface area contributed by atoms with Gasteiger partial charge in [-0.1, -0.05) is 19.8 Å². The molecule has 0 aromatic rings. The molecule has 0 bridgehead atoms. The molecule has 4 nitrogen and oxygen atoms in total. The molecule has 13 heavy (non-hydrogen) atoms. The van der Waals surface area contributed by atoms with Crippen LogP contribution in [0.25, 0.3) is 0 Å². The summed E-state index contributed by atoms with van der Waals surface area (Å²) in [6, 6.07) is 0. The van der Waals surface area contributed by atoms with Crippen LogP contribution in [0.15, 0.2) is 0 Å². The number of hydrogen-bond acceptors (Lipinski definition) is 3. The van der Waals surface area contributed by atoms with Gasteiger partial charge in [0.25, 0.3) is 0 Å². The number of nitrogens with two attached hydrogens (primary N) is 1. The minimum absolute atomic E-state index is 0.0879. The summed E-state index contributed by atoms with van der Waals surface area (Å²) in [7, 11) is 0. The van der Waals surface area contributed by atoms with Gasteiger partial charge in [-0.2, -0.15) is 0 Å². The molecule has 4 N–H and O–H groups in total. The topological polar surface area (TPSA) is 75.3 Å². The summed E-state index contributed by atoms with van der Waals surface area (Å²) < 4.78 is 0. The SMILES string of the molecule is CCCC[C@H]1CNC[C@@]1(N)C(=O)O. The first-order valence-corrected chi connectivity index (χ1v) is 4.84. The molecule has 2 atom stereocenters. The Labute approximate surface area is 78.5 Å². The largest absolute Gasteiger partial charge is 0.480 e. The molecule has 1 aliphatic rings. The zero-order valence-corrected chi connectivity index (χ0v) is 8.05. The Hall–Kier alpha value is -0.610. The maximum atomic E-state index is 10.9. The predicted molar refractivity (Wildman–Crippen MR) is 50.4 cm³/mol. The number of carboxylic acid groups (broad SMARTS) is 1. The number of aliphatic carboxylic acids is 1. The molecule has 1 heterocycles. The van der Waals surface area contributed by atoms with Crippen LogP contribution in [0.3, 0.4) is 0 Å². The van der Waals surface area contributed by atoms with Crippen LogP contribution < -0.4 is 11.1 Å². The van der Waals surface area contributed by atoms with Crippen LogP contribution in [-0.4, -0.2) is 29.7 Å². The second-order valence-corrected chi connectivity index (χ2v) is 3.82. The van der Waals surface area contributed by atoms with Gasteiger partial charge in [0.15, 0.2) is 0 Å². The van der Waals surface area contributed by atoms with E-state index in [-0.39, 0.29) is 5.92 Å². The minimum Gasteiger partial charge on any atom is -0.480 e. The molecule has 0 spiro atoms. The molecule has 76 valence electrons. The first-order valence-electron chi connectivity index (χ1n) is 4.84. The van der Waals surface area contributed by atoms with Crippen molar-refractivity contribution in [2.24, 2.45) is 11.7 Å². The van der Waals surface area contributed by atoms with Gasteiger partial charge in [-0.05, 0) is 6.42 Å². The molecule has 0 amide bonds. The molecule has 0 aromatic carbocycles. The van der Waals surface area contributed by atoms with Crippen LogP contribution >= 0.6 is 0 Å². The molecule has 0 radical (unpaired) electrons. The summed E-state index contributed by atoms with van der Waals surface area (Å²) in [5.74, 6) is -0.788. The fourth-order valence-corrected chi connectivity index (χ4v) is 1.84. The summed E-state index contributed by atoms with van der Waals surface area (Å²) in [5, 5.41) is 12.0. The van der Waals surface area contributed by atoms with Gasteiger partial charge in [-0.15, -0.1) is 0 Å². The van der Waals surface area contributed by atoms with Gasteiger partial charge >= 0.3 is 5.97 Å².